The number of aliphatic carboxylic acids is 1. The summed E-state index contributed by atoms with van der Waals surface area (Å²) in [6.07, 6.45) is 1.91. The van der Waals surface area contributed by atoms with Crippen molar-refractivity contribution in [3.63, 3.8) is 0 Å². The van der Waals surface area contributed by atoms with Crippen LogP contribution in [-0.4, -0.2) is 58.8 Å². The molecule has 1 unspecified atom stereocenters. The van der Waals surface area contributed by atoms with E-state index in [1.807, 2.05) is 41.5 Å². The average molecular weight is 364 g/mol. The molecule has 7 heteroatoms. The van der Waals surface area contributed by atoms with Crippen molar-refractivity contribution < 1.29 is 34.4 Å². The Morgan fingerprint density at radius 3 is 1.60 bits per heavy atom. The van der Waals surface area contributed by atoms with Crippen LogP contribution in [0.5, 0.6) is 0 Å². The van der Waals surface area contributed by atoms with Gasteiger partial charge < -0.3 is 24.8 Å². The Kier molecular flexibility index (Phi) is 30.5. The Hall–Kier alpha value is -1.70. The lowest BCUT2D eigenvalue weighted by molar-refractivity contribution is -0.156. The van der Waals surface area contributed by atoms with E-state index in [0.29, 0.717) is 12.2 Å². The van der Waals surface area contributed by atoms with Crippen LogP contribution in [0.1, 0.15) is 48.0 Å². The second kappa shape index (κ2) is 24.6. The Labute approximate surface area is 152 Å². The molecule has 0 saturated carbocycles. The van der Waals surface area contributed by atoms with E-state index < -0.39 is 24.5 Å². The van der Waals surface area contributed by atoms with Crippen molar-refractivity contribution >= 4 is 11.9 Å². The van der Waals surface area contributed by atoms with Gasteiger partial charge in [0.1, 0.15) is 6.61 Å². The van der Waals surface area contributed by atoms with Gasteiger partial charge in [0, 0.05) is 0 Å². The molecular weight excluding hydrogens is 328 g/mol. The number of hydrogen-bond donors (Lipinski definition) is 3. The van der Waals surface area contributed by atoms with Gasteiger partial charge >= 0.3 is 11.9 Å². The second-order valence-corrected chi connectivity index (χ2v) is 5.05. The topological polar surface area (TPSA) is 113 Å². The summed E-state index contributed by atoms with van der Waals surface area (Å²) in [5.41, 5.74) is 0. The van der Waals surface area contributed by atoms with Gasteiger partial charge in [0.2, 0.25) is 0 Å². The van der Waals surface area contributed by atoms with E-state index in [1.165, 1.54) is 0 Å². The van der Waals surface area contributed by atoms with E-state index in [0.717, 1.165) is 0 Å². The van der Waals surface area contributed by atoms with Gasteiger partial charge in [0.25, 0.3) is 0 Å². The standard InChI is InChI=1S/C6H10O6.C6H14O.2C3H6/c7-1-2-12-5(9)3-4(8)6(10)11;1-5(2)7-6(3)4;2*1-3-2/h4,7-8H,1-3H2,(H,10,11);5-6H,1-4H3;2*3H,1H2,2H3. The molecule has 0 saturated heterocycles. The number of carboxylic acids is 1. The molecule has 0 aliphatic carbocycles. The predicted molar refractivity (Wildman–Crippen MR) is 99.4 cm³/mol. The minimum Gasteiger partial charge on any atom is -0.479 e. The summed E-state index contributed by atoms with van der Waals surface area (Å²) in [6.45, 7) is 18.2. The number of carbonyl (C=O) groups is 2. The number of ether oxygens (including phenoxy) is 2. The molecule has 0 radical (unpaired) electrons. The van der Waals surface area contributed by atoms with Crippen molar-refractivity contribution in [2.45, 2.75) is 66.3 Å². The highest BCUT2D eigenvalue weighted by atomic mass is 16.5. The zero-order chi connectivity index (χ0) is 20.8. The summed E-state index contributed by atoms with van der Waals surface area (Å²) in [5, 5.41) is 25.0. The summed E-state index contributed by atoms with van der Waals surface area (Å²) in [7, 11) is 0. The van der Waals surface area contributed by atoms with Crippen molar-refractivity contribution in [3.05, 3.63) is 25.3 Å². The highest BCUT2D eigenvalue weighted by Crippen LogP contribution is 1.94. The highest BCUT2D eigenvalue weighted by Gasteiger charge is 2.18. The summed E-state index contributed by atoms with van der Waals surface area (Å²) < 4.78 is 9.55. The number of aliphatic hydroxyl groups excluding tert-OH is 2. The molecule has 0 rings (SSSR count). The van der Waals surface area contributed by atoms with Crippen LogP contribution in [0.15, 0.2) is 25.3 Å². The monoisotopic (exact) mass is 364 g/mol. The lowest BCUT2D eigenvalue weighted by Gasteiger charge is -2.09. The Morgan fingerprint density at radius 1 is 1.04 bits per heavy atom. The molecule has 0 amide bonds. The highest BCUT2D eigenvalue weighted by molar-refractivity contribution is 5.80. The van der Waals surface area contributed by atoms with Crippen LogP contribution in [0.4, 0.5) is 0 Å². The van der Waals surface area contributed by atoms with Crippen LogP contribution in [-0.2, 0) is 19.1 Å². The first-order valence-electron chi connectivity index (χ1n) is 8.00. The molecule has 0 heterocycles. The quantitative estimate of drug-likeness (QED) is 0.470. The molecule has 25 heavy (non-hydrogen) atoms. The number of carboxylic acid groups (broad SMARTS) is 1. The first-order chi connectivity index (χ1) is 11.5. The van der Waals surface area contributed by atoms with Gasteiger partial charge in [-0.3, -0.25) is 4.79 Å². The van der Waals surface area contributed by atoms with E-state index >= 15 is 0 Å². The maximum atomic E-state index is 10.6. The fourth-order valence-electron chi connectivity index (χ4n) is 1.01. The average Bonchev–Trinajstić information content (AvgIpc) is 2.45. The first kappa shape index (κ1) is 31.1. The van der Waals surface area contributed by atoms with Crippen LogP contribution in [0.25, 0.3) is 0 Å². The number of allylic oxidation sites excluding steroid dienone is 2. The molecule has 0 aromatic heterocycles. The second-order valence-electron chi connectivity index (χ2n) is 5.05. The minimum absolute atomic E-state index is 0.189. The molecule has 0 aliphatic rings. The zero-order valence-electron chi connectivity index (χ0n) is 16.4. The van der Waals surface area contributed by atoms with E-state index in [1.54, 1.807) is 12.2 Å². The summed E-state index contributed by atoms with van der Waals surface area (Å²) in [5.74, 6) is -2.32. The largest absolute Gasteiger partial charge is 0.479 e. The molecule has 1 atom stereocenters. The van der Waals surface area contributed by atoms with Crippen molar-refractivity contribution in [1.29, 1.82) is 0 Å². The maximum Gasteiger partial charge on any atom is 0.333 e. The number of carbonyl (C=O) groups excluding carboxylic acids is 1. The van der Waals surface area contributed by atoms with E-state index in [2.05, 4.69) is 17.9 Å². The SMILES string of the molecule is C=CC.C=CC.CC(C)OC(C)C.O=C(CC(O)C(=O)O)OCCO. The van der Waals surface area contributed by atoms with Crippen LogP contribution < -0.4 is 0 Å². The van der Waals surface area contributed by atoms with Gasteiger partial charge in [-0.25, -0.2) is 4.79 Å². The van der Waals surface area contributed by atoms with Crippen LogP contribution in [0, 0.1) is 0 Å². The van der Waals surface area contributed by atoms with Crippen molar-refractivity contribution in [3.8, 4) is 0 Å². The number of aliphatic hydroxyl groups is 2. The lowest BCUT2D eigenvalue weighted by Crippen LogP contribution is -2.24. The molecule has 0 spiro atoms. The Balaban J connectivity index is -0.000000143. The van der Waals surface area contributed by atoms with Gasteiger partial charge in [-0.2, -0.15) is 0 Å². The Bertz CT molecular complexity index is 313. The fraction of sp³-hybridized carbons (Fsp3) is 0.667. The molecule has 0 aromatic carbocycles. The summed E-state index contributed by atoms with van der Waals surface area (Å²) in [4.78, 5) is 20.6. The maximum absolute atomic E-state index is 10.6. The molecule has 7 nitrogen and oxygen atoms in total. The van der Waals surface area contributed by atoms with Crippen LogP contribution >= 0.6 is 0 Å². The molecule has 0 fully saturated rings. The van der Waals surface area contributed by atoms with Gasteiger partial charge in [0.05, 0.1) is 25.2 Å². The molecule has 3 N–H and O–H groups in total. The van der Waals surface area contributed by atoms with Crippen molar-refractivity contribution in [2.75, 3.05) is 13.2 Å². The fourth-order valence-corrected chi connectivity index (χ4v) is 1.01. The van der Waals surface area contributed by atoms with E-state index in [9.17, 15) is 9.59 Å². The van der Waals surface area contributed by atoms with Crippen molar-refractivity contribution in [1.82, 2.24) is 0 Å². The molecule has 150 valence electrons. The van der Waals surface area contributed by atoms with Crippen LogP contribution in [0.3, 0.4) is 0 Å². The van der Waals surface area contributed by atoms with E-state index in [-0.39, 0.29) is 13.2 Å². The summed E-state index contributed by atoms with van der Waals surface area (Å²) in [6, 6.07) is 0. The number of hydrogen-bond acceptors (Lipinski definition) is 6. The third kappa shape index (κ3) is 44.9. The van der Waals surface area contributed by atoms with Crippen LogP contribution in [0.2, 0.25) is 0 Å². The van der Waals surface area contributed by atoms with Gasteiger partial charge in [-0.1, -0.05) is 12.2 Å². The zero-order valence-corrected chi connectivity index (χ0v) is 16.4. The Morgan fingerprint density at radius 2 is 1.40 bits per heavy atom. The number of rotatable bonds is 7. The summed E-state index contributed by atoms with van der Waals surface area (Å²) >= 11 is 0. The van der Waals surface area contributed by atoms with E-state index in [4.69, 9.17) is 20.1 Å². The third-order valence-corrected chi connectivity index (χ3v) is 1.54. The predicted octanol–water partition coefficient (Wildman–Crippen LogP) is 2.56. The van der Waals surface area contributed by atoms with Gasteiger partial charge in [-0.15, -0.1) is 13.2 Å². The normalized spacial score (nSPS) is 10.0. The minimum atomic E-state index is -1.74. The van der Waals surface area contributed by atoms with Crippen molar-refractivity contribution in [2.24, 2.45) is 0 Å². The molecule has 0 aromatic rings. The third-order valence-electron chi connectivity index (χ3n) is 1.54. The molecular formula is C18H36O7. The van der Waals surface area contributed by atoms with Gasteiger partial charge in [0.15, 0.2) is 6.10 Å². The lowest BCUT2D eigenvalue weighted by atomic mass is 10.2. The number of esters is 1. The smallest absolute Gasteiger partial charge is 0.333 e. The van der Waals surface area contributed by atoms with Gasteiger partial charge in [-0.05, 0) is 41.5 Å². The molecule has 0 bridgehead atoms. The first-order valence-corrected chi connectivity index (χ1v) is 8.00. The molecule has 0 aliphatic heterocycles.